The van der Waals surface area contributed by atoms with Crippen LogP contribution in [0.15, 0.2) is 89.0 Å². The third-order valence-electron chi connectivity index (χ3n) is 7.83. The maximum atomic E-state index is 14.4. The van der Waals surface area contributed by atoms with E-state index < -0.39 is 11.6 Å². The Kier molecular flexibility index (Phi) is 10.8. The lowest BCUT2D eigenvalue weighted by molar-refractivity contribution is -0.129. The molecule has 1 fully saturated rings. The van der Waals surface area contributed by atoms with E-state index in [1.165, 1.54) is 0 Å². The van der Waals surface area contributed by atoms with Crippen LogP contribution in [0.5, 0.6) is 5.75 Å². The minimum Gasteiger partial charge on any atom is -0.494 e. The van der Waals surface area contributed by atoms with Gasteiger partial charge in [0.1, 0.15) is 5.75 Å². The van der Waals surface area contributed by atoms with Crippen LogP contribution in [-0.2, 0) is 27.2 Å². The van der Waals surface area contributed by atoms with Gasteiger partial charge in [0, 0.05) is 56.1 Å². The zero-order valence-corrected chi connectivity index (χ0v) is 24.7. The number of nitrogens with zero attached hydrogens (tertiary/aromatic N) is 5. The molecule has 0 spiro atoms. The maximum Gasteiger partial charge on any atom is 0.252 e. The topological polar surface area (TPSA) is 141 Å². The molecule has 0 radical (unpaired) electrons. The van der Waals surface area contributed by atoms with Gasteiger partial charge in [0.2, 0.25) is 5.90 Å². The number of carbonyl (C=O) groups is 1. The SMILES string of the molecule is [N-]=[N+]=NCc1ccccc1C[C@]1(C(=O)NCCN2CCOCC2)N=C(c2ccc(OCCCO)cc2)O[C@H]1c1ccccc1. The van der Waals surface area contributed by atoms with Crippen LogP contribution in [0.4, 0.5) is 0 Å². The van der Waals surface area contributed by atoms with Crippen LogP contribution in [0.1, 0.15) is 34.8 Å². The predicted octanol–water partition coefficient (Wildman–Crippen LogP) is 4.21. The van der Waals surface area contributed by atoms with Crippen molar-refractivity contribution in [3.63, 3.8) is 0 Å². The lowest BCUT2D eigenvalue weighted by atomic mass is 9.81. The van der Waals surface area contributed by atoms with E-state index in [1.807, 2.05) is 78.9 Å². The molecule has 1 amide bonds. The fraction of sp³-hybridized carbons (Fsp3) is 0.394. The molecule has 2 heterocycles. The molecule has 1 saturated heterocycles. The number of hydrogen-bond donors (Lipinski definition) is 2. The molecule has 230 valence electrons. The Morgan fingerprint density at radius 1 is 1.07 bits per heavy atom. The van der Waals surface area contributed by atoms with Gasteiger partial charge in [-0.1, -0.05) is 59.7 Å². The molecule has 11 nitrogen and oxygen atoms in total. The molecule has 3 aromatic rings. The zero-order valence-electron chi connectivity index (χ0n) is 24.7. The molecule has 44 heavy (non-hydrogen) atoms. The molecule has 3 aromatic carbocycles. The van der Waals surface area contributed by atoms with Gasteiger partial charge in [0.05, 0.1) is 26.4 Å². The molecule has 5 rings (SSSR count). The van der Waals surface area contributed by atoms with Gasteiger partial charge in [0.15, 0.2) is 11.6 Å². The second kappa shape index (κ2) is 15.4. The molecule has 0 bridgehead atoms. The normalized spacial score (nSPS) is 19.8. The van der Waals surface area contributed by atoms with E-state index in [9.17, 15) is 4.79 Å². The van der Waals surface area contributed by atoms with Crippen molar-refractivity contribution >= 4 is 11.8 Å². The predicted molar refractivity (Wildman–Crippen MR) is 166 cm³/mol. The van der Waals surface area contributed by atoms with Crippen LogP contribution >= 0.6 is 0 Å². The Labute approximate surface area is 257 Å². The number of benzene rings is 3. The Hall–Kier alpha value is -4.41. The summed E-state index contributed by atoms with van der Waals surface area (Å²) in [6.07, 6.45) is 0.0645. The third kappa shape index (κ3) is 7.56. The smallest absolute Gasteiger partial charge is 0.252 e. The number of aliphatic imine (C=N–C) groups is 1. The number of rotatable bonds is 14. The molecular weight excluding hydrogens is 560 g/mol. The van der Waals surface area contributed by atoms with Crippen molar-refractivity contribution in [3.05, 3.63) is 112 Å². The van der Waals surface area contributed by atoms with Crippen molar-refractivity contribution in [2.45, 2.75) is 31.0 Å². The van der Waals surface area contributed by atoms with Crippen molar-refractivity contribution in [1.29, 1.82) is 0 Å². The van der Waals surface area contributed by atoms with E-state index in [4.69, 9.17) is 29.8 Å². The number of morpholine rings is 1. The van der Waals surface area contributed by atoms with Gasteiger partial charge in [-0.05, 0) is 46.5 Å². The van der Waals surface area contributed by atoms with E-state index in [1.54, 1.807) is 0 Å². The van der Waals surface area contributed by atoms with Gasteiger partial charge in [-0.2, -0.15) is 0 Å². The molecule has 0 saturated carbocycles. The fourth-order valence-corrected chi connectivity index (χ4v) is 5.50. The first kappa shape index (κ1) is 31.0. The van der Waals surface area contributed by atoms with Crippen LogP contribution < -0.4 is 10.1 Å². The standard InChI is InChI=1S/C33H38N6O5/c34-38-36-24-28-10-5-4-9-27(28)23-33(32(41)35-15-16-39-17-21-42-22-18-39)30(25-7-2-1-3-8-25)44-31(37-33)26-11-13-29(14-12-26)43-20-6-19-40/h1-5,7-14,30,40H,6,15-24H2,(H,35,41)/t30-,33-/m0/s1. The summed E-state index contributed by atoms with van der Waals surface area (Å²) in [5, 5.41) is 16.0. The largest absolute Gasteiger partial charge is 0.494 e. The van der Waals surface area contributed by atoms with E-state index in [0.29, 0.717) is 56.5 Å². The Morgan fingerprint density at radius 3 is 2.52 bits per heavy atom. The van der Waals surface area contributed by atoms with E-state index >= 15 is 0 Å². The second-order valence-electron chi connectivity index (χ2n) is 10.7. The highest BCUT2D eigenvalue weighted by Gasteiger charge is 2.53. The summed E-state index contributed by atoms with van der Waals surface area (Å²) in [5.74, 6) is 0.785. The summed E-state index contributed by atoms with van der Waals surface area (Å²) in [7, 11) is 0. The number of hydrogen-bond acceptors (Lipinski definition) is 8. The maximum absolute atomic E-state index is 14.4. The molecule has 2 N–H and O–H groups in total. The lowest BCUT2D eigenvalue weighted by Crippen LogP contribution is -2.52. The number of azide groups is 1. The Bertz CT molecular complexity index is 1460. The van der Waals surface area contributed by atoms with E-state index in [2.05, 4.69) is 20.2 Å². The van der Waals surface area contributed by atoms with Gasteiger partial charge in [-0.25, -0.2) is 4.99 Å². The highest BCUT2D eigenvalue weighted by molar-refractivity contribution is 6.01. The number of amides is 1. The van der Waals surface area contributed by atoms with Crippen LogP contribution in [0.25, 0.3) is 10.4 Å². The Balaban J connectivity index is 1.51. The highest BCUT2D eigenvalue weighted by Crippen LogP contribution is 2.43. The first-order valence-corrected chi connectivity index (χ1v) is 14.9. The summed E-state index contributed by atoms with van der Waals surface area (Å²) in [6.45, 7) is 4.80. The van der Waals surface area contributed by atoms with Gasteiger partial charge >= 0.3 is 0 Å². The van der Waals surface area contributed by atoms with Crippen LogP contribution in [0.2, 0.25) is 0 Å². The number of aliphatic hydroxyl groups is 1. The summed E-state index contributed by atoms with van der Waals surface area (Å²) in [6, 6.07) is 24.7. The molecule has 2 aliphatic rings. The molecule has 0 aliphatic carbocycles. The summed E-state index contributed by atoms with van der Waals surface area (Å²) >= 11 is 0. The number of aliphatic hydroxyl groups excluding tert-OH is 1. The summed E-state index contributed by atoms with van der Waals surface area (Å²) in [5.41, 5.74) is 10.9. The van der Waals surface area contributed by atoms with Crippen molar-refractivity contribution in [3.8, 4) is 5.75 Å². The molecule has 2 atom stereocenters. The molecular formula is C33H38N6O5. The second-order valence-corrected chi connectivity index (χ2v) is 10.7. The van der Waals surface area contributed by atoms with Crippen molar-refractivity contribution in [1.82, 2.24) is 10.2 Å². The van der Waals surface area contributed by atoms with Crippen molar-refractivity contribution < 1.29 is 24.1 Å². The van der Waals surface area contributed by atoms with Crippen LogP contribution in [0, 0.1) is 0 Å². The minimum atomic E-state index is -1.34. The number of carbonyl (C=O) groups excluding carboxylic acids is 1. The van der Waals surface area contributed by atoms with Gasteiger partial charge in [-0.15, -0.1) is 0 Å². The van der Waals surface area contributed by atoms with E-state index in [0.717, 1.165) is 29.8 Å². The molecule has 11 heteroatoms. The quantitative estimate of drug-likeness (QED) is 0.123. The molecule has 0 unspecified atom stereocenters. The minimum absolute atomic E-state index is 0.0617. The summed E-state index contributed by atoms with van der Waals surface area (Å²) in [4.78, 5) is 24.8. The number of nitrogens with one attached hydrogen (secondary N) is 1. The molecule has 0 aromatic heterocycles. The van der Waals surface area contributed by atoms with E-state index in [-0.39, 0.29) is 25.5 Å². The first-order chi connectivity index (χ1) is 21.6. The van der Waals surface area contributed by atoms with Crippen molar-refractivity contribution in [2.75, 3.05) is 52.6 Å². The third-order valence-corrected chi connectivity index (χ3v) is 7.83. The monoisotopic (exact) mass is 598 g/mol. The zero-order chi connectivity index (χ0) is 30.6. The van der Waals surface area contributed by atoms with Crippen molar-refractivity contribution in [2.24, 2.45) is 10.1 Å². The lowest BCUT2D eigenvalue weighted by Gasteiger charge is -2.32. The fourth-order valence-electron chi connectivity index (χ4n) is 5.50. The molecule has 2 aliphatic heterocycles. The highest BCUT2D eigenvalue weighted by atomic mass is 16.5. The van der Waals surface area contributed by atoms with Crippen LogP contribution in [-0.4, -0.2) is 80.0 Å². The summed E-state index contributed by atoms with van der Waals surface area (Å²) < 4.78 is 17.8. The Morgan fingerprint density at radius 2 is 1.80 bits per heavy atom. The van der Waals surface area contributed by atoms with Gasteiger partial charge in [0.25, 0.3) is 5.91 Å². The number of ether oxygens (including phenoxy) is 3. The average molecular weight is 599 g/mol. The van der Waals surface area contributed by atoms with Gasteiger partial charge in [-0.3, -0.25) is 9.69 Å². The average Bonchev–Trinajstić information content (AvgIpc) is 3.46. The van der Waals surface area contributed by atoms with Gasteiger partial charge < -0.3 is 24.6 Å². The first-order valence-electron chi connectivity index (χ1n) is 14.9. The van der Waals surface area contributed by atoms with Crippen LogP contribution in [0.3, 0.4) is 0 Å².